The van der Waals surface area contributed by atoms with Crippen LogP contribution in [0.3, 0.4) is 0 Å². The molecule has 1 aliphatic heterocycles. The second kappa shape index (κ2) is 15.0. The molecule has 2 atom stereocenters. The van der Waals surface area contributed by atoms with Crippen LogP contribution in [0, 0.1) is 0 Å². The highest BCUT2D eigenvalue weighted by Crippen LogP contribution is 2.69. The van der Waals surface area contributed by atoms with E-state index in [2.05, 4.69) is 276 Å². The van der Waals surface area contributed by atoms with Gasteiger partial charge < -0.3 is 9.47 Å². The molecule has 342 valence electrons. The Hall–Kier alpha value is -8.98. The number of aromatic nitrogens is 1. The minimum absolute atomic E-state index is 0.278. The third-order valence-corrected chi connectivity index (χ3v) is 17.4. The SMILES string of the molecule is C1=C[C@]2(CC=C1c1cccc(-c3ccc4c(c3)c3ccccc3n4-c3cccc4c3Cc3ccccc3-4)c1)N(c1ccc3c(c1)C(c1ccccc1)(c1ccccc1)c1ccccc1-3)C21C=Cc2ccccc21. The first-order chi connectivity index (χ1) is 36.2. The van der Waals surface area contributed by atoms with Crippen LogP contribution in [-0.2, 0) is 17.4 Å². The molecule has 11 aromatic rings. The Labute approximate surface area is 425 Å². The average molecular weight is 929 g/mol. The van der Waals surface area contributed by atoms with Gasteiger partial charge in [-0.1, -0.05) is 225 Å². The van der Waals surface area contributed by atoms with E-state index in [1.807, 2.05) is 0 Å². The smallest absolute Gasteiger partial charge is 0.113 e. The number of para-hydroxylation sites is 1. The van der Waals surface area contributed by atoms with Crippen LogP contribution in [0.2, 0.25) is 0 Å². The molecule has 1 unspecified atom stereocenters. The minimum Gasteiger partial charge on any atom is -0.343 e. The van der Waals surface area contributed by atoms with Gasteiger partial charge in [0.15, 0.2) is 0 Å². The molecule has 2 nitrogen and oxygen atoms in total. The predicted octanol–water partition coefficient (Wildman–Crippen LogP) is 16.9. The monoisotopic (exact) mass is 928 g/mol. The maximum atomic E-state index is 2.72. The lowest BCUT2D eigenvalue weighted by Crippen LogP contribution is -2.28. The summed E-state index contributed by atoms with van der Waals surface area (Å²) >= 11 is 0. The number of hydrogen-bond acceptors (Lipinski definition) is 1. The van der Waals surface area contributed by atoms with Gasteiger partial charge >= 0.3 is 0 Å². The quantitative estimate of drug-likeness (QED) is 0.151. The Morgan fingerprint density at radius 1 is 0.411 bits per heavy atom. The lowest BCUT2D eigenvalue weighted by Gasteiger charge is -2.34. The van der Waals surface area contributed by atoms with Crippen LogP contribution in [0.1, 0.15) is 56.5 Å². The van der Waals surface area contributed by atoms with Gasteiger partial charge in [0.2, 0.25) is 0 Å². The highest BCUT2D eigenvalue weighted by atomic mass is 15.5. The third-order valence-electron chi connectivity index (χ3n) is 17.4. The van der Waals surface area contributed by atoms with Gasteiger partial charge in [-0.2, -0.15) is 0 Å². The van der Waals surface area contributed by atoms with Crippen LogP contribution in [0.5, 0.6) is 0 Å². The minimum atomic E-state index is -0.471. The molecule has 0 N–H and O–H groups in total. The second-order valence-corrected chi connectivity index (χ2v) is 20.7. The molecule has 0 radical (unpaired) electrons. The summed E-state index contributed by atoms with van der Waals surface area (Å²) in [6.07, 6.45) is 14.1. The Morgan fingerprint density at radius 3 is 1.92 bits per heavy atom. The summed E-state index contributed by atoms with van der Waals surface area (Å²) in [4.78, 5) is 2.72. The molecule has 1 fully saturated rings. The van der Waals surface area contributed by atoms with Crippen molar-refractivity contribution in [1.82, 2.24) is 4.57 Å². The van der Waals surface area contributed by atoms with Gasteiger partial charge in [0.25, 0.3) is 0 Å². The second-order valence-electron chi connectivity index (χ2n) is 20.7. The van der Waals surface area contributed by atoms with E-state index >= 15 is 0 Å². The van der Waals surface area contributed by atoms with E-state index in [0.717, 1.165) is 12.8 Å². The Morgan fingerprint density at radius 2 is 1.08 bits per heavy atom. The molecule has 10 aromatic carbocycles. The molecule has 2 heteroatoms. The number of allylic oxidation sites excluding steroid dienone is 2. The van der Waals surface area contributed by atoms with Crippen LogP contribution < -0.4 is 4.90 Å². The van der Waals surface area contributed by atoms with Crippen LogP contribution in [-0.4, -0.2) is 10.1 Å². The summed E-state index contributed by atoms with van der Waals surface area (Å²) in [5, 5.41) is 2.55. The molecule has 1 saturated heterocycles. The van der Waals surface area contributed by atoms with Crippen molar-refractivity contribution in [2.24, 2.45) is 0 Å². The van der Waals surface area contributed by atoms with Crippen LogP contribution >= 0.6 is 0 Å². The first kappa shape index (κ1) is 40.7. The fourth-order valence-electron chi connectivity index (χ4n) is 14.2. The van der Waals surface area contributed by atoms with Crippen LogP contribution in [0.4, 0.5) is 5.69 Å². The summed E-state index contributed by atoms with van der Waals surface area (Å²) in [6.45, 7) is 0. The van der Waals surface area contributed by atoms with Crippen molar-refractivity contribution >= 4 is 39.1 Å². The van der Waals surface area contributed by atoms with Crippen molar-refractivity contribution in [2.75, 3.05) is 4.90 Å². The third kappa shape index (κ3) is 5.42. The number of fused-ring (bicyclic) bond motifs is 12. The zero-order chi connectivity index (χ0) is 47.9. The average Bonchev–Trinajstić information content (AvgIpc) is 4.04. The zero-order valence-electron chi connectivity index (χ0n) is 40.2. The topological polar surface area (TPSA) is 7.94 Å². The highest BCUT2D eigenvalue weighted by Gasteiger charge is 2.74. The summed E-state index contributed by atoms with van der Waals surface area (Å²) < 4.78 is 2.50. The molecule has 0 saturated carbocycles. The van der Waals surface area contributed by atoms with Crippen LogP contribution in [0.15, 0.2) is 261 Å². The van der Waals surface area contributed by atoms with Crippen molar-refractivity contribution in [3.8, 4) is 39.1 Å². The zero-order valence-corrected chi connectivity index (χ0v) is 40.2. The number of anilines is 1. The fourth-order valence-corrected chi connectivity index (χ4v) is 14.2. The molecule has 0 amide bonds. The number of nitrogens with zero attached hydrogens (tertiary/aromatic N) is 2. The van der Waals surface area contributed by atoms with Crippen molar-refractivity contribution in [3.63, 3.8) is 0 Å². The van der Waals surface area contributed by atoms with E-state index in [1.165, 1.54) is 122 Å². The van der Waals surface area contributed by atoms with E-state index in [0.29, 0.717) is 0 Å². The molecule has 5 aliphatic rings. The summed E-state index contributed by atoms with van der Waals surface area (Å²) in [5.74, 6) is 0. The number of hydrogen-bond donors (Lipinski definition) is 0. The van der Waals surface area contributed by atoms with Gasteiger partial charge in [-0.15, -0.1) is 0 Å². The lowest BCUT2D eigenvalue weighted by molar-refractivity contribution is 0.699. The molecule has 4 aliphatic carbocycles. The fraction of sp³-hybridized carbons (Fsp3) is 0.0704. The van der Waals surface area contributed by atoms with Crippen molar-refractivity contribution in [3.05, 3.63) is 311 Å². The molecule has 2 heterocycles. The maximum absolute atomic E-state index is 2.72. The maximum Gasteiger partial charge on any atom is 0.113 e. The summed E-state index contributed by atoms with van der Waals surface area (Å²) in [7, 11) is 0. The van der Waals surface area contributed by atoms with E-state index in [1.54, 1.807) is 0 Å². The first-order valence-electron chi connectivity index (χ1n) is 25.8. The summed E-state index contributed by atoms with van der Waals surface area (Å²) in [5.41, 5.74) is 24.9. The Kier molecular flexibility index (Phi) is 8.38. The predicted molar refractivity (Wildman–Crippen MR) is 302 cm³/mol. The Balaban J connectivity index is 0.781. The molecule has 0 bridgehead atoms. The van der Waals surface area contributed by atoms with E-state index < -0.39 is 5.41 Å². The number of benzene rings is 10. The van der Waals surface area contributed by atoms with Crippen LogP contribution in [0.25, 0.3) is 72.5 Å². The molecule has 1 aromatic heterocycles. The molecular formula is C71H48N2. The Bertz CT molecular complexity index is 4180. The van der Waals surface area contributed by atoms with Gasteiger partial charge in [-0.3, -0.25) is 0 Å². The number of rotatable bonds is 6. The molecule has 73 heavy (non-hydrogen) atoms. The first-order valence-corrected chi connectivity index (χ1v) is 25.8. The largest absolute Gasteiger partial charge is 0.343 e. The molecule has 16 rings (SSSR count). The van der Waals surface area contributed by atoms with Crippen molar-refractivity contribution in [1.29, 1.82) is 0 Å². The van der Waals surface area contributed by atoms with E-state index in [4.69, 9.17) is 0 Å². The standard InChI is InChI=1S/C71H48N2/c1-3-21-53(22-4-1)71(54-23-5-2-6-24-54)64-30-13-10-26-58(64)59-35-34-55(46-65(59)71)73-69(70(73)42-39-48-17-8-12-29-63(48)70)40-37-47(38-41-69)49-19-15-20-50(43-49)51-33-36-68-62(44-51)60-27-11-14-31-66(60)72(68)67-32-16-28-57-56-25-9-7-18-52(56)45-61(57)67/h1-40,42-44,46H,41,45H2/t69-,70?,73?/m1/s1. The summed E-state index contributed by atoms with van der Waals surface area (Å²) in [6, 6.07) is 88.6. The van der Waals surface area contributed by atoms with Gasteiger partial charge in [-0.05, 0) is 138 Å². The van der Waals surface area contributed by atoms with Gasteiger partial charge in [0, 0.05) is 22.9 Å². The van der Waals surface area contributed by atoms with Crippen molar-refractivity contribution in [2.45, 2.75) is 29.3 Å². The van der Waals surface area contributed by atoms with Gasteiger partial charge in [0.1, 0.15) is 5.54 Å². The molecule has 2 spiro atoms. The highest BCUT2D eigenvalue weighted by molar-refractivity contribution is 6.11. The van der Waals surface area contributed by atoms with Gasteiger partial charge in [0.05, 0.1) is 27.7 Å². The van der Waals surface area contributed by atoms with Crippen molar-refractivity contribution < 1.29 is 0 Å². The lowest BCUT2D eigenvalue weighted by atomic mass is 9.67. The normalized spacial score (nSPS) is 19.0. The van der Waals surface area contributed by atoms with E-state index in [9.17, 15) is 0 Å². The van der Waals surface area contributed by atoms with Gasteiger partial charge in [-0.25, -0.2) is 0 Å². The van der Waals surface area contributed by atoms with E-state index in [-0.39, 0.29) is 11.1 Å². The molecular weight excluding hydrogens is 881 g/mol.